The van der Waals surface area contributed by atoms with Gasteiger partial charge in [0.15, 0.2) is 11.4 Å². The summed E-state index contributed by atoms with van der Waals surface area (Å²) in [6.07, 6.45) is -0.742. The molecule has 1 amide bonds. The van der Waals surface area contributed by atoms with E-state index < -0.39 is 41.8 Å². The van der Waals surface area contributed by atoms with Gasteiger partial charge in [-0.1, -0.05) is 35.9 Å². The molecule has 1 heterocycles. The van der Waals surface area contributed by atoms with E-state index in [4.69, 9.17) is 21.8 Å². The van der Waals surface area contributed by atoms with Gasteiger partial charge in [-0.15, -0.1) is 0 Å². The van der Waals surface area contributed by atoms with Gasteiger partial charge in [-0.25, -0.2) is 9.78 Å². The Balaban J connectivity index is 2.32. The van der Waals surface area contributed by atoms with Gasteiger partial charge in [0.2, 0.25) is 0 Å². The summed E-state index contributed by atoms with van der Waals surface area (Å²) in [5.41, 5.74) is -0.430. The van der Waals surface area contributed by atoms with E-state index in [0.717, 1.165) is 0 Å². The zero-order valence-electron chi connectivity index (χ0n) is 12.2. The third-order valence-corrected chi connectivity index (χ3v) is 3.59. The van der Waals surface area contributed by atoms with E-state index in [-0.39, 0.29) is 11.6 Å². The van der Waals surface area contributed by atoms with E-state index in [1.165, 1.54) is 6.07 Å². The Morgan fingerprint density at radius 2 is 1.79 bits per heavy atom. The van der Waals surface area contributed by atoms with Gasteiger partial charge in [-0.3, -0.25) is 9.59 Å². The van der Waals surface area contributed by atoms with Gasteiger partial charge >= 0.3 is 11.9 Å². The fourth-order valence-corrected chi connectivity index (χ4v) is 2.37. The predicted octanol–water partition coefficient (Wildman–Crippen LogP) is 1.64. The van der Waals surface area contributed by atoms with Crippen molar-refractivity contribution in [3.05, 3.63) is 35.1 Å². The maximum atomic E-state index is 12.2. The maximum absolute atomic E-state index is 12.2. The Labute approximate surface area is 140 Å². The van der Waals surface area contributed by atoms with E-state index in [2.05, 4.69) is 10.3 Å². The summed E-state index contributed by atoms with van der Waals surface area (Å²) in [5, 5.41) is 30.7. The molecule has 1 atom stereocenters. The summed E-state index contributed by atoms with van der Waals surface area (Å²) in [5.74, 6) is -3.98. The first kappa shape index (κ1) is 17.5. The zero-order chi connectivity index (χ0) is 17.9. The summed E-state index contributed by atoms with van der Waals surface area (Å²) in [4.78, 5) is 37.7. The van der Waals surface area contributed by atoms with Crippen LogP contribution in [0.5, 0.6) is 5.75 Å². The molecule has 1 aromatic carbocycles. The van der Waals surface area contributed by atoms with Crippen molar-refractivity contribution in [3.8, 4) is 5.75 Å². The monoisotopic (exact) mass is 352 g/mol. The van der Waals surface area contributed by atoms with Crippen LogP contribution in [0.1, 0.15) is 23.3 Å². The number of carboxylic acids is 2. The highest BCUT2D eigenvalue weighted by atomic mass is 35.5. The SMILES string of the molecule is O=C(O)CC[C@@H](NC(=O)c1nc(Cl)c2ccccc2c1O)C(=O)O. The van der Waals surface area contributed by atoms with Gasteiger partial charge in [0, 0.05) is 17.2 Å². The largest absolute Gasteiger partial charge is 0.505 e. The van der Waals surface area contributed by atoms with Gasteiger partial charge in [-0.2, -0.15) is 0 Å². The highest BCUT2D eigenvalue weighted by molar-refractivity contribution is 6.34. The summed E-state index contributed by atoms with van der Waals surface area (Å²) in [6, 6.07) is 5.03. The zero-order valence-corrected chi connectivity index (χ0v) is 12.9. The minimum absolute atomic E-state index is 0.0223. The average molecular weight is 353 g/mol. The van der Waals surface area contributed by atoms with Crippen molar-refractivity contribution in [2.75, 3.05) is 0 Å². The molecule has 1 aromatic heterocycles. The molecule has 0 bridgehead atoms. The number of hydrogen-bond acceptors (Lipinski definition) is 5. The number of rotatable bonds is 6. The lowest BCUT2D eigenvalue weighted by molar-refractivity contribution is -0.140. The lowest BCUT2D eigenvalue weighted by atomic mass is 10.1. The molecule has 0 aliphatic heterocycles. The van der Waals surface area contributed by atoms with E-state index in [1.807, 2.05) is 0 Å². The Hall–Kier alpha value is -2.87. The number of fused-ring (bicyclic) bond motifs is 1. The number of carboxylic acid groups (broad SMARTS) is 2. The Morgan fingerprint density at radius 1 is 1.17 bits per heavy atom. The minimum atomic E-state index is -1.43. The van der Waals surface area contributed by atoms with Crippen LogP contribution in [0.3, 0.4) is 0 Å². The quantitative estimate of drug-likeness (QED) is 0.580. The van der Waals surface area contributed by atoms with Gasteiger partial charge in [0.1, 0.15) is 11.2 Å². The number of aromatic nitrogens is 1. The van der Waals surface area contributed by atoms with Crippen LogP contribution in [0.2, 0.25) is 5.15 Å². The van der Waals surface area contributed by atoms with Gasteiger partial charge < -0.3 is 20.6 Å². The summed E-state index contributed by atoms with van der Waals surface area (Å²) >= 11 is 5.98. The van der Waals surface area contributed by atoms with Crippen molar-refractivity contribution < 1.29 is 29.7 Å². The first-order valence-electron chi connectivity index (χ1n) is 6.84. The second kappa shape index (κ2) is 7.14. The highest BCUT2D eigenvalue weighted by Gasteiger charge is 2.25. The molecule has 4 N–H and O–H groups in total. The number of aliphatic carboxylic acids is 2. The molecule has 2 rings (SSSR count). The molecular formula is C15H13ClN2O6. The van der Waals surface area contributed by atoms with E-state index in [9.17, 15) is 19.5 Å². The summed E-state index contributed by atoms with van der Waals surface area (Å²) in [7, 11) is 0. The summed E-state index contributed by atoms with van der Waals surface area (Å²) < 4.78 is 0. The fraction of sp³-hybridized carbons (Fsp3) is 0.200. The molecule has 0 aliphatic carbocycles. The number of aromatic hydroxyl groups is 1. The molecule has 0 saturated heterocycles. The molecule has 8 nitrogen and oxygen atoms in total. The number of nitrogens with zero attached hydrogens (tertiary/aromatic N) is 1. The Bertz CT molecular complexity index is 823. The molecule has 9 heteroatoms. The maximum Gasteiger partial charge on any atom is 0.326 e. The van der Waals surface area contributed by atoms with Crippen LogP contribution in [-0.4, -0.2) is 44.2 Å². The van der Waals surface area contributed by atoms with Gasteiger partial charge in [0.25, 0.3) is 5.91 Å². The predicted molar refractivity (Wildman–Crippen MR) is 84.2 cm³/mol. The van der Waals surface area contributed by atoms with Crippen molar-refractivity contribution in [2.24, 2.45) is 0 Å². The molecule has 0 aliphatic rings. The molecule has 0 spiro atoms. The van der Waals surface area contributed by atoms with Crippen molar-refractivity contribution in [1.82, 2.24) is 10.3 Å². The second-order valence-electron chi connectivity index (χ2n) is 4.94. The van der Waals surface area contributed by atoms with Crippen LogP contribution < -0.4 is 5.32 Å². The molecule has 0 unspecified atom stereocenters. The first-order valence-corrected chi connectivity index (χ1v) is 7.21. The fourth-order valence-electron chi connectivity index (χ4n) is 2.12. The lowest BCUT2D eigenvalue weighted by Crippen LogP contribution is -2.41. The number of benzene rings is 1. The van der Waals surface area contributed by atoms with Crippen molar-refractivity contribution in [2.45, 2.75) is 18.9 Å². The molecule has 0 fully saturated rings. The number of carbonyl (C=O) groups excluding carboxylic acids is 1. The van der Waals surface area contributed by atoms with Crippen LogP contribution in [0.15, 0.2) is 24.3 Å². The Morgan fingerprint density at radius 3 is 2.38 bits per heavy atom. The van der Waals surface area contributed by atoms with Gasteiger partial charge in [0.05, 0.1) is 0 Å². The number of carbonyl (C=O) groups is 3. The molecule has 24 heavy (non-hydrogen) atoms. The number of amides is 1. The lowest BCUT2D eigenvalue weighted by Gasteiger charge is -2.14. The number of halogens is 1. The molecule has 0 saturated carbocycles. The van der Waals surface area contributed by atoms with Gasteiger partial charge in [-0.05, 0) is 6.42 Å². The molecule has 0 radical (unpaired) electrons. The van der Waals surface area contributed by atoms with E-state index in [0.29, 0.717) is 10.8 Å². The number of pyridine rings is 1. The number of nitrogens with one attached hydrogen (secondary N) is 1. The van der Waals surface area contributed by atoms with Crippen LogP contribution in [0.25, 0.3) is 10.8 Å². The van der Waals surface area contributed by atoms with Crippen LogP contribution in [-0.2, 0) is 9.59 Å². The summed E-state index contributed by atoms with van der Waals surface area (Å²) in [6.45, 7) is 0. The third-order valence-electron chi connectivity index (χ3n) is 3.30. The standard InChI is InChI=1S/C15H13ClN2O6/c16-13-8-4-2-1-3-7(8)12(21)11(18-13)14(22)17-9(15(23)24)5-6-10(19)20/h1-4,9,21H,5-6H2,(H,17,22)(H,19,20)(H,23,24)/t9-/m1/s1. The van der Waals surface area contributed by atoms with Crippen LogP contribution in [0.4, 0.5) is 0 Å². The Kier molecular flexibility index (Phi) is 5.20. The van der Waals surface area contributed by atoms with Crippen LogP contribution >= 0.6 is 11.6 Å². The first-order chi connectivity index (χ1) is 11.3. The second-order valence-corrected chi connectivity index (χ2v) is 5.30. The smallest absolute Gasteiger partial charge is 0.326 e. The molecule has 126 valence electrons. The van der Waals surface area contributed by atoms with Crippen molar-refractivity contribution in [1.29, 1.82) is 0 Å². The van der Waals surface area contributed by atoms with E-state index in [1.54, 1.807) is 18.2 Å². The normalized spacial score (nSPS) is 11.9. The molecule has 2 aromatic rings. The molecular weight excluding hydrogens is 340 g/mol. The third kappa shape index (κ3) is 3.72. The average Bonchev–Trinajstić information content (AvgIpc) is 2.54. The van der Waals surface area contributed by atoms with Crippen LogP contribution in [0, 0.1) is 0 Å². The van der Waals surface area contributed by atoms with Crippen molar-refractivity contribution in [3.63, 3.8) is 0 Å². The minimum Gasteiger partial charge on any atom is -0.505 e. The number of hydrogen-bond donors (Lipinski definition) is 4. The van der Waals surface area contributed by atoms with Crippen molar-refractivity contribution >= 4 is 40.2 Å². The highest BCUT2D eigenvalue weighted by Crippen LogP contribution is 2.31. The van der Waals surface area contributed by atoms with E-state index >= 15 is 0 Å². The topological polar surface area (TPSA) is 137 Å².